The minimum absolute atomic E-state index is 0.0295. The number of aromatic amines is 1. The van der Waals surface area contributed by atoms with Gasteiger partial charge < -0.3 is 10.3 Å². The third-order valence-corrected chi connectivity index (χ3v) is 8.10. The second kappa shape index (κ2) is 12.0. The van der Waals surface area contributed by atoms with Crippen molar-refractivity contribution in [1.82, 2.24) is 15.4 Å². The molecule has 0 fully saturated rings. The van der Waals surface area contributed by atoms with Crippen LogP contribution in [0.4, 0.5) is 11.4 Å². The number of sulfonamides is 1. The Balaban J connectivity index is 1.29. The first kappa shape index (κ1) is 28.8. The number of imidazole rings is 1. The van der Waals surface area contributed by atoms with Gasteiger partial charge in [-0.05, 0) is 72.3 Å². The number of nitrogens with zero attached hydrogens (tertiary/aromatic N) is 1. The Morgan fingerprint density at radius 2 is 1.62 bits per heavy atom. The molecule has 0 atom stereocenters. The third-order valence-electron chi connectivity index (χ3n) is 6.06. The van der Waals surface area contributed by atoms with Crippen molar-refractivity contribution in [2.24, 2.45) is 0 Å². The van der Waals surface area contributed by atoms with Crippen LogP contribution in [-0.2, 0) is 14.8 Å². The van der Waals surface area contributed by atoms with Crippen LogP contribution in [0.5, 0.6) is 0 Å². The van der Waals surface area contributed by atoms with Crippen molar-refractivity contribution >= 4 is 73.5 Å². The number of halogens is 2. The van der Waals surface area contributed by atoms with Gasteiger partial charge in [0.25, 0.3) is 21.8 Å². The van der Waals surface area contributed by atoms with E-state index < -0.39 is 21.8 Å². The van der Waals surface area contributed by atoms with Crippen molar-refractivity contribution < 1.29 is 23.2 Å². The number of H-pyrrole nitrogens is 1. The van der Waals surface area contributed by atoms with E-state index in [0.717, 1.165) is 17.1 Å². The van der Waals surface area contributed by atoms with Gasteiger partial charge in [-0.1, -0.05) is 47.5 Å². The Bertz CT molecular complexity index is 1920. The van der Waals surface area contributed by atoms with Crippen LogP contribution in [0.1, 0.15) is 15.9 Å². The summed E-state index contributed by atoms with van der Waals surface area (Å²) in [6.07, 6.45) is 2.50. The molecule has 5 N–H and O–H groups in total. The molecule has 0 bridgehead atoms. The fourth-order valence-electron chi connectivity index (χ4n) is 4.01. The van der Waals surface area contributed by atoms with Crippen LogP contribution in [0.15, 0.2) is 95.9 Å². The maximum Gasteiger partial charge on any atom is 0.267 e. The van der Waals surface area contributed by atoms with Gasteiger partial charge in [0.2, 0.25) is 0 Å². The highest BCUT2D eigenvalue weighted by molar-refractivity contribution is 7.92. The topological polar surface area (TPSA) is 153 Å². The van der Waals surface area contributed by atoms with Crippen molar-refractivity contribution in [3.63, 3.8) is 0 Å². The first-order valence-corrected chi connectivity index (χ1v) is 14.5. The van der Waals surface area contributed by atoms with Crippen molar-refractivity contribution in [2.45, 2.75) is 4.90 Å². The van der Waals surface area contributed by atoms with Gasteiger partial charge >= 0.3 is 0 Å². The molecule has 0 saturated heterocycles. The number of para-hydroxylation sites is 2. The molecule has 0 aliphatic carbocycles. The Morgan fingerprint density at radius 1 is 0.881 bits per heavy atom. The maximum atomic E-state index is 13.0. The number of aromatic nitrogens is 2. The van der Waals surface area contributed by atoms with Gasteiger partial charge in [0.05, 0.1) is 37.2 Å². The predicted octanol–water partition coefficient (Wildman–Crippen LogP) is 6.11. The Kier molecular flexibility index (Phi) is 8.27. The molecule has 10 nitrogen and oxygen atoms in total. The lowest BCUT2D eigenvalue weighted by Gasteiger charge is -2.12. The smallest absolute Gasteiger partial charge is 0.267 e. The van der Waals surface area contributed by atoms with Crippen molar-refractivity contribution in [3.8, 4) is 11.4 Å². The zero-order valence-electron chi connectivity index (χ0n) is 21.4. The molecule has 13 heteroatoms. The van der Waals surface area contributed by atoms with Crippen molar-refractivity contribution in [1.29, 1.82) is 0 Å². The van der Waals surface area contributed by atoms with Gasteiger partial charge in [-0.25, -0.2) is 18.9 Å². The molecule has 5 rings (SSSR count). The van der Waals surface area contributed by atoms with Gasteiger partial charge in [0.1, 0.15) is 5.82 Å². The molecule has 4 aromatic carbocycles. The molecule has 0 unspecified atom stereocenters. The number of rotatable bonds is 8. The molecule has 0 radical (unpaired) electrons. The van der Waals surface area contributed by atoms with E-state index >= 15 is 0 Å². The molecule has 1 aromatic heterocycles. The molecule has 212 valence electrons. The number of hydrogen-bond donors (Lipinski definition) is 5. The second-order valence-corrected chi connectivity index (χ2v) is 11.4. The van der Waals surface area contributed by atoms with Crippen LogP contribution in [0.2, 0.25) is 10.0 Å². The molecule has 1 heterocycles. The Labute approximate surface area is 250 Å². The van der Waals surface area contributed by atoms with Crippen LogP contribution in [0.25, 0.3) is 28.5 Å². The van der Waals surface area contributed by atoms with E-state index in [1.54, 1.807) is 18.2 Å². The summed E-state index contributed by atoms with van der Waals surface area (Å²) in [4.78, 5) is 31.9. The Hall–Kier alpha value is -4.68. The summed E-state index contributed by atoms with van der Waals surface area (Å²) in [7, 11) is -3.98. The van der Waals surface area contributed by atoms with E-state index in [9.17, 15) is 18.0 Å². The lowest BCUT2D eigenvalue weighted by atomic mass is 10.1. The van der Waals surface area contributed by atoms with E-state index in [2.05, 4.69) is 20.0 Å². The molecule has 5 aromatic rings. The highest BCUT2D eigenvalue weighted by Gasteiger charge is 2.18. The quantitative estimate of drug-likeness (QED) is 0.0800. The number of nitrogens with one attached hydrogen (secondary N) is 4. The van der Waals surface area contributed by atoms with Crippen molar-refractivity contribution in [3.05, 3.63) is 112 Å². The summed E-state index contributed by atoms with van der Waals surface area (Å²) < 4.78 is 28.2. The molecule has 0 saturated carbocycles. The van der Waals surface area contributed by atoms with E-state index in [1.807, 2.05) is 24.3 Å². The average Bonchev–Trinajstić information content (AvgIpc) is 3.41. The first-order chi connectivity index (χ1) is 20.1. The number of hydrogen-bond acceptors (Lipinski definition) is 6. The number of amides is 2. The number of carbonyl (C=O) groups is 2. The number of carbonyl (C=O) groups excluding carboxylic acids is 2. The molecular formula is C29H21Cl2N5O5S. The van der Waals surface area contributed by atoms with Gasteiger partial charge in [0.15, 0.2) is 0 Å². The van der Waals surface area contributed by atoms with E-state index in [-0.39, 0.29) is 21.2 Å². The number of fused-ring (bicyclic) bond motifs is 1. The zero-order valence-corrected chi connectivity index (χ0v) is 23.8. The van der Waals surface area contributed by atoms with E-state index in [4.69, 9.17) is 28.4 Å². The van der Waals surface area contributed by atoms with Crippen LogP contribution in [0.3, 0.4) is 0 Å². The van der Waals surface area contributed by atoms with E-state index in [1.165, 1.54) is 54.0 Å². The SMILES string of the molecule is O=C(C=Cc1ccc(S(=O)(=O)Nc2ccc(C(=O)Nc3ccc(Cl)c(-c4nc5ccccc5[nH]4)c3)c(Cl)c2)cc1)NO. The van der Waals surface area contributed by atoms with Crippen LogP contribution in [0, 0.1) is 0 Å². The standard InChI is InChI=1S/C29H21Cl2N5O5S/c30-23-13-9-18(15-22(23)28-33-25-3-1-2-4-26(25)34-28)32-29(38)21-12-8-19(16-24(21)31)36-42(40,41)20-10-5-17(6-11-20)7-14-27(37)35-39/h1-16,36,39H,(H,32,38)(H,33,34)(H,35,37). The summed E-state index contributed by atoms with van der Waals surface area (Å²) >= 11 is 12.8. The van der Waals surface area contributed by atoms with Crippen LogP contribution >= 0.6 is 23.2 Å². The summed E-state index contributed by atoms with van der Waals surface area (Å²) in [5.41, 5.74) is 4.96. The molecule has 0 spiro atoms. The van der Waals surface area contributed by atoms with Crippen LogP contribution < -0.4 is 15.5 Å². The lowest BCUT2D eigenvalue weighted by molar-refractivity contribution is -0.124. The maximum absolute atomic E-state index is 13.0. The minimum Gasteiger partial charge on any atom is -0.338 e. The van der Waals surface area contributed by atoms with Crippen molar-refractivity contribution in [2.75, 3.05) is 10.0 Å². The average molecular weight is 622 g/mol. The highest BCUT2D eigenvalue weighted by atomic mass is 35.5. The first-order valence-electron chi connectivity index (χ1n) is 12.2. The normalized spacial score (nSPS) is 11.5. The number of benzene rings is 4. The third kappa shape index (κ3) is 6.45. The summed E-state index contributed by atoms with van der Waals surface area (Å²) in [5, 5.41) is 11.8. The molecule has 0 aliphatic rings. The second-order valence-electron chi connectivity index (χ2n) is 8.93. The summed E-state index contributed by atoms with van der Waals surface area (Å²) in [6, 6.07) is 22.4. The van der Waals surface area contributed by atoms with Gasteiger partial charge in [-0.2, -0.15) is 0 Å². The largest absolute Gasteiger partial charge is 0.338 e. The monoisotopic (exact) mass is 621 g/mol. The van der Waals surface area contributed by atoms with E-state index in [0.29, 0.717) is 27.7 Å². The van der Waals surface area contributed by atoms with Gasteiger partial charge in [-0.3, -0.25) is 19.5 Å². The Morgan fingerprint density at radius 3 is 2.33 bits per heavy atom. The lowest BCUT2D eigenvalue weighted by Crippen LogP contribution is -2.15. The number of hydroxylamine groups is 1. The summed E-state index contributed by atoms with van der Waals surface area (Å²) in [6.45, 7) is 0. The molecule has 0 aliphatic heterocycles. The molecular weight excluding hydrogens is 601 g/mol. The van der Waals surface area contributed by atoms with Crippen LogP contribution in [-0.4, -0.2) is 35.4 Å². The summed E-state index contributed by atoms with van der Waals surface area (Å²) in [5.74, 6) is -0.680. The predicted molar refractivity (Wildman–Crippen MR) is 162 cm³/mol. The highest BCUT2D eigenvalue weighted by Crippen LogP contribution is 2.31. The fourth-order valence-corrected chi connectivity index (χ4v) is 5.53. The molecule has 2 amide bonds. The molecule has 42 heavy (non-hydrogen) atoms. The van der Waals surface area contributed by atoms with Gasteiger partial charge in [0, 0.05) is 17.3 Å². The minimum atomic E-state index is -3.98. The zero-order chi connectivity index (χ0) is 29.9. The number of anilines is 2. The van der Waals surface area contributed by atoms with Gasteiger partial charge in [-0.15, -0.1) is 0 Å². The fraction of sp³-hybridized carbons (Fsp3) is 0.